The van der Waals surface area contributed by atoms with E-state index in [0.29, 0.717) is 12.0 Å². The quantitative estimate of drug-likeness (QED) is 0.701. The zero-order valence-electron chi connectivity index (χ0n) is 9.10. The second kappa shape index (κ2) is 4.51. The van der Waals surface area contributed by atoms with E-state index in [-0.39, 0.29) is 17.3 Å². The summed E-state index contributed by atoms with van der Waals surface area (Å²) in [5.41, 5.74) is 0.284. The van der Waals surface area contributed by atoms with Gasteiger partial charge in [-0.15, -0.1) is 0 Å². The van der Waals surface area contributed by atoms with E-state index in [4.69, 9.17) is 0 Å². The molecule has 1 aromatic rings. The van der Waals surface area contributed by atoms with E-state index in [1.54, 1.807) is 6.92 Å². The van der Waals surface area contributed by atoms with E-state index in [1.807, 2.05) is 6.92 Å². The highest BCUT2D eigenvalue weighted by Crippen LogP contribution is 2.18. The maximum Gasteiger partial charge on any atom is 0.168 e. The molecule has 0 spiro atoms. The van der Waals surface area contributed by atoms with E-state index >= 15 is 0 Å². The number of halogens is 2. The van der Waals surface area contributed by atoms with Crippen LogP contribution in [-0.2, 0) is 0 Å². The van der Waals surface area contributed by atoms with Gasteiger partial charge < -0.3 is 0 Å². The predicted molar refractivity (Wildman–Crippen MR) is 54.9 cm³/mol. The van der Waals surface area contributed by atoms with Gasteiger partial charge in [-0.25, -0.2) is 8.78 Å². The molecule has 0 N–H and O–H groups in total. The van der Waals surface area contributed by atoms with Crippen LogP contribution >= 0.6 is 0 Å². The molecule has 1 nitrogen and oxygen atoms in total. The van der Waals surface area contributed by atoms with Crippen molar-refractivity contribution in [3.63, 3.8) is 0 Å². The Morgan fingerprint density at radius 1 is 1.33 bits per heavy atom. The average Bonchev–Trinajstić information content (AvgIpc) is 2.21. The number of carbonyl (C=O) groups excluding carboxylic acids is 1. The summed E-state index contributed by atoms with van der Waals surface area (Å²) >= 11 is 0. The lowest BCUT2D eigenvalue weighted by Gasteiger charge is -2.09. The monoisotopic (exact) mass is 212 g/mol. The molecule has 82 valence electrons. The van der Waals surface area contributed by atoms with Gasteiger partial charge in [-0.2, -0.15) is 0 Å². The molecule has 0 aliphatic carbocycles. The molecular weight excluding hydrogens is 198 g/mol. The van der Waals surface area contributed by atoms with Crippen molar-refractivity contribution in [3.05, 3.63) is 34.9 Å². The van der Waals surface area contributed by atoms with Crippen LogP contribution < -0.4 is 0 Å². The third-order valence-electron chi connectivity index (χ3n) is 2.57. The largest absolute Gasteiger partial charge is 0.294 e. The van der Waals surface area contributed by atoms with E-state index in [0.717, 1.165) is 6.07 Å². The highest BCUT2D eigenvalue weighted by molar-refractivity contribution is 5.98. The fourth-order valence-corrected chi connectivity index (χ4v) is 1.30. The van der Waals surface area contributed by atoms with Gasteiger partial charge >= 0.3 is 0 Å². The lowest BCUT2D eigenvalue weighted by Crippen LogP contribution is -2.12. The number of rotatable bonds is 3. The number of hydrogen-bond donors (Lipinski definition) is 0. The SMILES string of the molecule is CCC(C)C(=O)c1cc(C)c(F)cc1F. The Morgan fingerprint density at radius 2 is 1.93 bits per heavy atom. The summed E-state index contributed by atoms with van der Waals surface area (Å²) in [4.78, 5) is 11.7. The Hall–Kier alpha value is -1.25. The Balaban J connectivity index is 3.15. The van der Waals surface area contributed by atoms with Crippen LogP contribution in [0.2, 0.25) is 0 Å². The number of carbonyl (C=O) groups is 1. The lowest BCUT2D eigenvalue weighted by molar-refractivity contribution is 0.0923. The Labute approximate surface area is 88.1 Å². The van der Waals surface area contributed by atoms with Crippen LogP contribution in [0.4, 0.5) is 8.78 Å². The topological polar surface area (TPSA) is 17.1 Å². The summed E-state index contributed by atoms with van der Waals surface area (Å²) in [6.45, 7) is 5.11. The molecule has 0 saturated carbocycles. The summed E-state index contributed by atoms with van der Waals surface area (Å²) in [6.07, 6.45) is 0.648. The van der Waals surface area contributed by atoms with Crippen molar-refractivity contribution in [2.45, 2.75) is 27.2 Å². The second-order valence-electron chi connectivity index (χ2n) is 3.75. The number of benzene rings is 1. The third-order valence-corrected chi connectivity index (χ3v) is 2.57. The van der Waals surface area contributed by atoms with Crippen LogP contribution in [0.5, 0.6) is 0 Å². The van der Waals surface area contributed by atoms with Crippen molar-refractivity contribution in [2.24, 2.45) is 5.92 Å². The molecular formula is C12H14F2O. The van der Waals surface area contributed by atoms with Gasteiger partial charge in [0.1, 0.15) is 11.6 Å². The zero-order chi connectivity index (χ0) is 11.6. The summed E-state index contributed by atoms with van der Waals surface area (Å²) in [7, 11) is 0. The summed E-state index contributed by atoms with van der Waals surface area (Å²) in [6, 6.07) is 2.05. The molecule has 0 fully saturated rings. The first-order chi connectivity index (χ1) is 6.97. The van der Waals surface area contributed by atoms with Crippen LogP contribution in [0.25, 0.3) is 0 Å². The molecule has 0 aliphatic heterocycles. The number of Topliss-reactive ketones (excluding diaryl/α,β-unsaturated/α-hetero) is 1. The van der Waals surface area contributed by atoms with Gasteiger partial charge in [0.05, 0.1) is 5.56 Å². The fraction of sp³-hybridized carbons (Fsp3) is 0.417. The second-order valence-corrected chi connectivity index (χ2v) is 3.75. The van der Waals surface area contributed by atoms with Crippen LogP contribution in [-0.4, -0.2) is 5.78 Å². The first kappa shape index (κ1) is 11.8. The summed E-state index contributed by atoms with van der Waals surface area (Å²) in [5.74, 6) is -1.89. The Morgan fingerprint density at radius 3 is 2.47 bits per heavy atom. The van der Waals surface area contributed by atoms with Crippen LogP contribution in [0.3, 0.4) is 0 Å². The molecule has 3 heteroatoms. The van der Waals surface area contributed by atoms with Crippen LogP contribution in [0, 0.1) is 24.5 Å². The highest BCUT2D eigenvalue weighted by Gasteiger charge is 2.18. The van der Waals surface area contributed by atoms with Crippen molar-refractivity contribution in [1.82, 2.24) is 0 Å². The van der Waals surface area contributed by atoms with Crippen molar-refractivity contribution in [2.75, 3.05) is 0 Å². The Bertz CT molecular complexity index is 385. The van der Waals surface area contributed by atoms with Crippen molar-refractivity contribution < 1.29 is 13.6 Å². The number of aryl methyl sites for hydroxylation is 1. The smallest absolute Gasteiger partial charge is 0.168 e. The predicted octanol–water partition coefficient (Wildman–Crippen LogP) is 3.50. The van der Waals surface area contributed by atoms with Gasteiger partial charge in [-0.1, -0.05) is 13.8 Å². The highest BCUT2D eigenvalue weighted by atomic mass is 19.1. The Kier molecular flexibility index (Phi) is 3.56. The van der Waals surface area contributed by atoms with Crippen LogP contribution in [0.15, 0.2) is 12.1 Å². The van der Waals surface area contributed by atoms with Crippen molar-refractivity contribution in [1.29, 1.82) is 0 Å². The summed E-state index contributed by atoms with van der Waals surface area (Å²) < 4.78 is 26.3. The third kappa shape index (κ3) is 2.41. The van der Waals surface area contributed by atoms with E-state index < -0.39 is 11.6 Å². The summed E-state index contributed by atoms with van der Waals surface area (Å²) in [5, 5.41) is 0. The van der Waals surface area contributed by atoms with Crippen molar-refractivity contribution in [3.8, 4) is 0 Å². The number of hydrogen-bond acceptors (Lipinski definition) is 1. The fourth-order valence-electron chi connectivity index (χ4n) is 1.30. The van der Waals surface area contributed by atoms with Gasteiger partial charge in [0.15, 0.2) is 5.78 Å². The lowest BCUT2D eigenvalue weighted by atomic mass is 9.95. The molecule has 0 saturated heterocycles. The van der Waals surface area contributed by atoms with Crippen molar-refractivity contribution >= 4 is 5.78 Å². The molecule has 0 radical (unpaired) electrons. The normalized spacial score (nSPS) is 12.6. The minimum absolute atomic E-state index is 0.0109. The van der Waals surface area contributed by atoms with E-state index in [9.17, 15) is 13.6 Å². The molecule has 1 rings (SSSR count). The molecule has 0 bridgehead atoms. The molecule has 1 aromatic carbocycles. The molecule has 15 heavy (non-hydrogen) atoms. The maximum absolute atomic E-state index is 13.3. The van der Waals surface area contributed by atoms with Gasteiger partial charge in [-0.3, -0.25) is 4.79 Å². The minimum atomic E-state index is -0.775. The van der Waals surface area contributed by atoms with Gasteiger partial charge in [-0.05, 0) is 25.0 Å². The number of ketones is 1. The molecule has 0 amide bonds. The average molecular weight is 212 g/mol. The standard InChI is InChI=1S/C12H14F2O/c1-4-7(2)12(15)9-5-8(3)10(13)6-11(9)14/h5-7H,4H2,1-3H3. The zero-order valence-corrected chi connectivity index (χ0v) is 9.10. The van der Waals surface area contributed by atoms with E-state index in [2.05, 4.69) is 0 Å². The van der Waals surface area contributed by atoms with Crippen LogP contribution in [0.1, 0.15) is 36.2 Å². The molecule has 0 aromatic heterocycles. The van der Waals surface area contributed by atoms with Gasteiger partial charge in [0, 0.05) is 12.0 Å². The molecule has 1 unspecified atom stereocenters. The first-order valence-corrected chi connectivity index (χ1v) is 4.97. The molecule has 1 atom stereocenters. The minimum Gasteiger partial charge on any atom is -0.294 e. The van der Waals surface area contributed by atoms with Gasteiger partial charge in [0.25, 0.3) is 0 Å². The first-order valence-electron chi connectivity index (χ1n) is 4.97. The van der Waals surface area contributed by atoms with E-state index in [1.165, 1.54) is 13.0 Å². The molecule has 0 heterocycles. The molecule has 0 aliphatic rings. The maximum atomic E-state index is 13.3. The van der Waals surface area contributed by atoms with Gasteiger partial charge in [0.2, 0.25) is 0 Å².